The van der Waals surface area contributed by atoms with E-state index >= 15 is 4.79 Å². The second kappa shape index (κ2) is 34.4. The van der Waals surface area contributed by atoms with Gasteiger partial charge in [0.05, 0.1) is 18.7 Å². The summed E-state index contributed by atoms with van der Waals surface area (Å²) < 4.78 is 17.2. The monoisotopic (exact) mass is 1320 g/mol. The van der Waals surface area contributed by atoms with Crippen LogP contribution in [0.4, 0.5) is 0 Å². The number of piperazine rings is 1. The van der Waals surface area contributed by atoms with E-state index in [0.29, 0.717) is 18.5 Å². The molecule has 0 spiro atoms. The molecule has 8 unspecified atom stereocenters. The molecule has 3 fully saturated rings. The Labute approximate surface area is 547 Å². The predicted octanol–water partition coefficient (Wildman–Crippen LogP) is 1.56. The van der Waals surface area contributed by atoms with Crippen molar-refractivity contribution in [3.63, 3.8) is 0 Å². The fraction of sp³-hybridized carbons (Fsp3) is 0.662. The number of primary amides is 1. The van der Waals surface area contributed by atoms with Gasteiger partial charge in [-0.2, -0.15) is 0 Å². The topological polar surface area (TPSA) is 367 Å². The summed E-state index contributed by atoms with van der Waals surface area (Å²) in [4.78, 5) is 162. The smallest absolute Gasteiger partial charge is 0.303 e. The number of imide groups is 1. The van der Waals surface area contributed by atoms with Gasteiger partial charge in [0.15, 0.2) is 17.7 Å². The zero-order valence-corrected chi connectivity index (χ0v) is 55.9. The first kappa shape index (κ1) is 75.0. The van der Waals surface area contributed by atoms with Crippen molar-refractivity contribution in [3.8, 4) is 5.75 Å². The van der Waals surface area contributed by atoms with Gasteiger partial charge in [0.2, 0.25) is 35.8 Å². The number of aromatic nitrogens is 1. The molecular formula is C65H95N9O18S. The number of hydrogen-bond acceptors (Lipinski definition) is 21. The molecule has 2 aromatic rings. The third kappa shape index (κ3) is 20.2. The first-order valence-electron chi connectivity index (χ1n) is 32.1. The van der Waals surface area contributed by atoms with E-state index in [1.807, 2.05) is 39.6 Å². The summed E-state index contributed by atoms with van der Waals surface area (Å²) in [5, 5.41) is 45.7. The van der Waals surface area contributed by atoms with E-state index in [1.165, 1.54) is 48.5 Å². The average Bonchev–Trinajstić information content (AvgIpc) is 1.82. The highest BCUT2D eigenvalue weighted by Gasteiger charge is 2.46. The number of amides is 8. The van der Waals surface area contributed by atoms with E-state index in [-0.39, 0.29) is 142 Å². The number of unbranched alkanes of at least 4 members (excludes halogenated alkanes) is 1. The van der Waals surface area contributed by atoms with Crippen molar-refractivity contribution in [3.05, 3.63) is 58.1 Å². The molecule has 7 N–H and O–H groups in total. The van der Waals surface area contributed by atoms with Crippen molar-refractivity contribution in [2.45, 2.75) is 180 Å². The Morgan fingerprint density at radius 1 is 0.839 bits per heavy atom. The van der Waals surface area contributed by atoms with Gasteiger partial charge in [-0.3, -0.25) is 62.5 Å². The molecular weight excluding hydrogens is 1230 g/mol. The van der Waals surface area contributed by atoms with Gasteiger partial charge < -0.3 is 65.3 Å². The molecule has 0 aliphatic carbocycles. The number of thiazole rings is 1. The lowest BCUT2D eigenvalue weighted by atomic mass is 9.84. The summed E-state index contributed by atoms with van der Waals surface area (Å²) in [6.45, 7) is 13.2. The van der Waals surface area contributed by atoms with Crippen molar-refractivity contribution in [2.75, 3.05) is 67.0 Å². The maximum atomic E-state index is 15.2. The van der Waals surface area contributed by atoms with Crippen LogP contribution >= 0.6 is 11.3 Å². The summed E-state index contributed by atoms with van der Waals surface area (Å²) in [5.41, 5.74) is 5.84. The quantitative estimate of drug-likeness (QED) is 0.0247. The summed E-state index contributed by atoms with van der Waals surface area (Å²) in [5.74, 6) is -7.19. The number of nitrogens with two attached hydrogens (primary N) is 1. The fourth-order valence-electron chi connectivity index (χ4n) is 12.0. The number of rotatable bonds is 35. The number of benzene rings is 1. The van der Waals surface area contributed by atoms with Crippen LogP contribution in [-0.4, -0.2) is 241 Å². The molecule has 1 aromatic heterocycles. The number of ether oxygens (including phenoxy) is 3. The predicted molar refractivity (Wildman–Crippen MR) is 338 cm³/mol. The molecule has 0 radical (unpaired) electrons. The van der Waals surface area contributed by atoms with E-state index in [1.54, 1.807) is 47.7 Å². The zero-order valence-electron chi connectivity index (χ0n) is 55.1. The molecule has 1 aromatic carbocycles. The first-order valence-corrected chi connectivity index (χ1v) is 33.0. The number of Topliss-reactive ketones (excluding diaryl/α,β-unsaturated/α-hetero) is 2. The normalized spacial score (nSPS) is 22.8. The minimum atomic E-state index is -1.71. The number of hydrogen-bond donors (Lipinski definition) is 6. The number of nitrogens with one attached hydrogen (secondary N) is 1. The van der Waals surface area contributed by atoms with E-state index in [0.717, 1.165) is 16.2 Å². The van der Waals surface area contributed by atoms with Crippen molar-refractivity contribution < 1.29 is 87.4 Å². The van der Waals surface area contributed by atoms with Gasteiger partial charge in [0, 0.05) is 128 Å². The van der Waals surface area contributed by atoms with E-state index < -0.39 is 133 Å². The molecule has 0 bridgehead atoms. The Kier molecular flexibility index (Phi) is 27.7. The maximum absolute atomic E-state index is 15.2. The largest absolute Gasteiger partial charge is 0.462 e. The van der Waals surface area contributed by atoms with Gasteiger partial charge in [-0.15, -0.1) is 11.3 Å². The van der Waals surface area contributed by atoms with E-state index in [2.05, 4.69) is 5.32 Å². The van der Waals surface area contributed by atoms with Crippen LogP contribution in [0.25, 0.3) is 0 Å². The van der Waals surface area contributed by atoms with Crippen molar-refractivity contribution in [1.82, 2.24) is 39.7 Å². The highest BCUT2D eigenvalue weighted by atomic mass is 32.1. The maximum Gasteiger partial charge on any atom is 0.303 e. The molecule has 514 valence electrons. The zero-order chi connectivity index (χ0) is 68.7. The van der Waals surface area contributed by atoms with Gasteiger partial charge in [-0.25, -0.2) is 4.98 Å². The van der Waals surface area contributed by atoms with Crippen molar-refractivity contribution in [1.29, 1.82) is 0 Å². The van der Waals surface area contributed by atoms with Gasteiger partial charge >= 0.3 is 5.97 Å². The lowest BCUT2D eigenvalue weighted by molar-refractivity contribution is -0.277. The standard InChI is InChI=1S/C65H95N9O18S/c1-11-38(6)43(31-49(78)47-33-69(47)8)62(87)70(9)45(36(2)3)32-50(90-39(7)76)61-67-44(35-93-61)63(88)71(10)46(29-40-18-20-42(21-19-40)91-65-59(85)58(84)57(83)51(34-75)92-65)48(77)30-41(15-12-13-16-52(66)79)60(86)68-56(37(4)5)64(89)73-27-25-72(26-28-73)53(80)17-14-24-74-54(81)22-23-55(74)82/h18-23,35-38,41,43,45-47,50-51,56-59,65,75,83-85H,11-17,24-34H2,1-10H3,(H2,66,79)(H,68,86)/t38-,41+,43?,45+,46-,47?,50+,51?,56-,57?,58?,59?,65?,69?/m0/s1. The lowest BCUT2D eigenvalue weighted by Gasteiger charge is -2.39. The molecule has 93 heavy (non-hydrogen) atoms. The Morgan fingerprint density at radius 2 is 1.47 bits per heavy atom. The summed E-state index contributed by atoms with van der Waals surface area (Å²) >= 11 is 1.04. The molecule has 0 saturated carbocycles. The van der Waals surface area contributed by atoms with Gasteiger partial charge in [-0.1, -0.05) is 66.5 Å². The number of aliphatic hydroxyl groups excluding tert-OH is 4. The molecule has 6 rings (SSSR count). The van der Waals surface area contributed by atoms with Crippen molar-refractivity contribution in [2.24, 2.45) is 35.3 Å². The molecule has 28 heteroatoms. The highest BCUT2D eigenvalue weighted by molar-refractivity contribution is 7.09. The van der Waals surface area contributed by atoms with Crippen LogP contribution in [0.1, 0.15) is 140 Å². The summed E-state index contributed by atoms with van der Waals surface area (Å²) in [6, 6.07) is 2.98. The summed E-state index contributed by atoms with van der Waals surface area (Å²) in [7, 11) is 4.93. The van der Waals surface area contributed by atoms with Crippen LogP contribution in [-0.2, 0) is 63.8 Å². The number of aliphatic hydroxyl groups is 4. The number of ketones is 2. The van der Waals surface area contributed by atoms with E-state index in [9.17, 15) is 68.4 Å². The van der Waals surface area contributed by atoms with E-state index in [4.69, 9.17) is 24.9 Å². The van der Waals surface area contributed by atoms with Crippen molar-refractivity contribution >= 4 is 76.1 Å². The van der Waals surface area contributed by atoms with Gasteiger partial charge in [-0.05, 0) is 68.2 Å². The molecule has 5 heterocycles. The number of carbonyl (C=O) groups is 11. The Bertz CT molecular complexity index is 2990. The highest BCUT2D eigenvalue weighted by Crippen LogP contribution is 2.34. The Hall–Kier alpha value is -7.08. The third-order valence-corrected chi connectivity index (χ3v) is 19.1. The lowest BCUT2D eigenvalue weighted by Crippen LogP contribution is -2.60. The van der Waals surface area contributed by atoms with Crippen LogP contribution in [0.15, 0.2) is 41.8 Å². The molecule has 4 aliphatic heterocycles. The minimum Gasteiger partial charge on any atom is -0.462 e. The number of nitrogens with zero attached hydrogens (tertiary/aromatic N) is 7. The molecule has 14 atom stereocenters. The second-order valence-corrected chi connectivity index (χ2v) is 26.5. The number of carbonyl (C=O) groups excluding carboxylic acids is 11. The minimum absolute atomic E-state index is 0.00273. The van der Waals surface area contributed by atoms with Gasteiger partial charge in [0.1, 0.15) is 46.9 Å². The number of esters is 1. The summed E-state index contributed by atoms with van der Waals surface area (Å²) in [6.07, 6.45) is -5.33. The first-order chi connectivity index (χ1) is 44.0. The van der Waals surface area contributed by atoms with Gasteiger partial charge in [0.25, 0.3) is 17.7 Å². The van der Waals surface area contributed by atoms with Crippen LogP contribution in [0.5, 0.6) is 5.75 Å². The van der Waals surface area contributed by atoms with Crippen LogP contribution < -0.4 is 15.8 Å². The van der Waals surface area contributed by atoms with Crippen LogP contribution in [0.3, 0.4) is 0 Å². The van der Waals surface area contributed by atoms with Crippen LogP contribution in [0.2, 0.25) is 0 Å². The number of likely N-dealkylation sites (N-methyl/N-ethyl adjacent to an activating group) is 2. The molecule has 27 nitrogen and oxygen atoms in total. The SMILES string of the molecule is CC[C@H](C)C(CC(=O)C1CN1C)C(=O)N(C)[C@H](C[C@@H](OC(C)=O)c1nc(C(=O)N(C)[C@@H](Cc2ccc(OC3OC(CO)C(O)C(O)C3O)cc2)C(=O)C[C@@H](CCCCC(N)=O)C(=O)N[C@H](C(=O)N2CCN(C(=O)CCCN3C(=O)C=CC3=O)CC2)C(C)C)cs1)C(C)C. The Balaban J connectivity index is 1.24. The second-order valence-electron chi connectivity index (χ2n) is 25.7. The third-order valence-electron chi connectivity index (χ3n) is 18.2. The fourth-order valence-corrected chi connectivity index (χ4v) is 12.8. The molecule has 8 amide bonds. The molecule has 4 aliphatic rings. The van der Waals surface area contributed by atoms with Crippen LogP contribution in [0, 0.1) is 29.6 Å². The average molecular weight is 1320 g/mol. The molecule has 3 saturated heterocycles. The Morgan fingerprint density at radius 3 is 2.04 bits per heavy atom.